The highest BCUT2D eigenvalue weighted by Crippen LogP contribution is 2.65. The summed E-state index contributed by atoms with van der Waals surface area (Å²) in [6.07, 6.45) is 5.66. The number of Topliss-reactive ketones (excluding diaryl/α,β-unsaturated/α-hetero) is 3. The highest BCUT2D eigenvalue weighted by atomic mass is 35.5. The number of amides is 3. The van der Waals surface area contributed by atoms with Crippen molar-refractivity contribution in [3.8, 4) is 0 Å². The lowest BCUT2D eigenvalue weighted by atomic mass is 9.84. The molecule has 12 heteroatoms. The van der Waals surface area contributed by atoms with Crippen molar-refractivity contribution in [1.82, 2.24) is 15.5 Å². The van der Waals surface area contributed by atoms with Crippen molar-refractivity contribution in [1.29, 1.82) is 0 Å². The van der Waals surface area contributed by atoms with Crippen LogP contribution in [0.4, 0.5) is 4.79 Å². The number of rotatable bonds is 15. The average Bonchev–Trinajstić information content (AvgIpc) is 3.30. The first-order chi connectivity index (χ1) is 21.6. The molecule has 0 aromatic carbocycles. The van der Waals surface area contributed by atoms with Crippen LogP contribution in [0, 0.1) is 23.2 Å². The highest BCUT2D eigenvalue weighted by molar-refractivity contribution is 6.51. The van der Waals surface area contributed by atoms with Crippen molar-refractivity contribution < 1.29 is 33.5 Å². The Bertz CT molecular complexity index is 1250. The van der Waals surface area contributed by atoms with Crippen LogP contribution in [0.15, 0.2) is 12.7 Å². The molecule has 3 amide bonds. The summed E-state index contributed by atoms with van der Waals surface area (Å²) in [5.41, 5.74) is -1.71. The number of ketones is 3. The third-order valence-corrected chi connectivity index (χ3v) is 10.5. The van der Waals surface area contributed by atoms with Crippen molar-refractivity contribution >= 4 is 58.5 Å². The lowest BCUT2D eigenvalue weighted by Crippen LogP contribution is -2.60. The van der Waals surface area contributed by atoms with Gasteiger partial charge >= 0.3 is 12.0 Å². The fourth-order valence-corrected chi connectivity index (χ4v) is 7.65. The van der Waals surface area contributed by atoms with Gasteiger partial charge in [-0.25, -0.2) is 4.79 Å². The van der Waals surface area contributed by atoms with Crippen LogP contribution in [-0.4, -0.2) is 74.3 Å². The van der Waals surface area contributed by atoms with E-state index >= 15 is 0 Å². The number of halogens is 2. The summed E-state index contributed by atoms with van der Waals surface area (Å²) in [4.78, 5) is 81.1. The summed E-state index contributed by atoms with van der Waals surface area (Å²) in [6.45, 7) is 16.7. The Morgan fingerprint density at radius 2 is 1.64 bits per heavy atom. The summed E-state index contributed by atoms with van der Waals surface area (Å²) >= 11 is 13.1. The summed E-state index contributed by atoms with van der Waals surface area (Å²) in [7, 11) is 0. The number of nitrogens with one attached hydrogen (secondary N) is 2. The quantitative estimate of drug-likeness (QED) is 0.0947. The summed E-state index contributed by atoms with van der Waals surface area (Å²) in [5.74, 6) is -4.39. The second-order valence-corrected chi connectivity index (χ2v) is 17.3. The molecule has 1 heterocycles. The van der Waals surface area contributed by atoms with E-state index in [1.165, 1.54) is 4.90 Å². The molecule has 0 spiro atoms. The first kappa shape index (κ1) is 39.0. The summed E-state index contributed by atoms with van der Waals surface area (Å²) < 4.78 is 4.42. The predicted molar refractivity (Wildman–Crippen MR) is 181 cm³/mol. The molecule has 264 valence electrons. The molecular weight excluding hydrogens is 645 g/mol. The van der Waals surface area contributed by atoms with Gasteiger partial charge in [0.2, 0.25) is 11.7 Å². The van der Waals surface area contributed by atoms with Crippen LogP contribution in [0.1, 0.15) is 113 Å². The Labute approximate surface area is 289 Å². The first-order valence-corrected chi connectivity index (χ1v) is 17.6. The lowest BCUT2D eigenvalue weighted by Gasteiger charge is -2.38. The van der Waals surface area contributed by atoms with Crippen molar-refractivity contribution in [2.24, 2.45) is 23.2 Å². The minimum Gasteiger partial charge on any atom is -0.459 e. The maximum Gasteiger partial charge on any atom is 0.315 e. The van der Waals surface area contributed by atoms with Crippen LogP contribution >= 0.6 is 23.2 Å². The molecule has 10 nitrogen and oxygen atoms in total. The van der Waals surface area contributed by atoms with E-state index in [4.69, 9.17) is 27.9 Å². The zero-order valence-corrected chi connectivity index (χ0v) is 30.5. The van der Waals surface area contributed by atoms with Crippen molar-refractivity contribution in [2.75, 3.05) is 6.54 Å². The van der Waals surface area contributed by atoms with Gasteiger partial charge in [-0.3, -0.25) is 24.0 Å². The normalized spacial score (nSPS) is 24.0. The van der Waals surface area contributed by atoms with E-state index in [0.717, 1.165) is 25.7 Å². The van der Waals surface area contributed by atoms with Crippen LogP contribution in [-0.2, 0) is 28.7 Å². The maximum atomic E-state index is 14.1. The molecule has 2 N–H and O–H groups in total. The summed E-state index contributed by atoms with van der Waals surface area (Å²) in [5, 5.41) is 5.60. The molecule has 3 rings (SSSR count). The van der Waals surface area contributed by atoms with Gasteiger partial charge in [-0.1, -0.05) is 26.8 Å². The van der Waals surface area contributed by atoms with Crippen LogP contribution in [0.5, 0.6) is 0 Å². The zero-order chi connectivity index (χ0) is 35.5. The lowest BCUT2D eigenvalue weighted by molar-refractivity contribution is -0.157. The Balaban J connectivity index is 1.71. The monoisotopic (exact) mass is 697 g/mol. The number of esters is 1. The van der Waals surface area contributed by atoms with E-state index in [0.29, 0.717) is 6.42 Å². The van der Waals surface area contributed by atoms with Gasteiger partial charge in [0.15, 0.2) is 11.6 Å². The van der Waals surface area contributed by atoms with E-state index in [9.17, 15) is 28.8 Å². The highest BCUT2D eigenvalue weighted by Gasteiger charge is 2.73. The Hall–Kier alpha value is -2.46. The smallest absolute Gasteiger partial charge is 0.315 e. The molecule has 0 radical (unpaired) electrons. The van der Waals surface area contributed by atoms with E-state index in [1.54, 1.807) is 6.08 Å². The van der Waals surface area contributed by atoms with Gasteiger partial charge in [0.25, 0.3) is 0 Å². The minimum absolute atomic E-state index is 0.0252. The number of allylic oxidation sites excluding steroid dienone is 1. The van der Waals surface area contributed by atoms with Gasteiger partial charge in [-0.05, 0) is 78.1 Å². The van der Waals surface area contributed by atoms with E-state index < -0.39 is 74.1 Å². The van der Waals surface area contributed by atoms with Crippen molar-refractivity contribution in [3.63, 3.8) is 0 Å². The zero-order valence-electron chi connectivity index (χ0n) is 29.0. The number of carbonyl (C=O) groups excluding carboxylic acids is 6. The largest absolute Gasteiger partial charge is 0.459 e. The van der Waals surface area contributed by atoms with Crippen molar-refractivity contribution in [3.05, 3.63) is 12.7 Å². The average molecular weight is 699 g/mol. The number of hydrogen-bond donors (Lipinski definition) is 2. The number of urea groups is 1. The number of likely N-dealkylation sites (tertiary alicyclic amines) is 1. The molecule has 1 aliphatic heterocycles. The van der Waals surface area contributed by atoms with Gasteiger partial charge in [-0.2, -0.15) is 0 Å². The fourth-order valence-electron chi connectivity index (χ4n) is 6.83. The van der Waals surface area contributed by atoms with E-state index in [1.807, 2.05) is 48.5 Å². The number of hydrogen-bond acceptors (Lipinski definition) is 7. The van der Waals surface area contributed by atoms with E-state index in [2.05, 4.69) is 17.2 Å². The van der Waals surface area contributed by atoms with E-state index in [-0.39, 0.29) is 50.5 Å². The number of ether oxygens (including phenoxy) is 1. The number of alkyl halides is 2. The van der Waals surface area contributed by atoms with Gasteiger partial charge in [-0.15, -0.1) is 29.8 Å². The molecule has 47 heavy (non-hydrogen) atoms. The predicted octanol–water partition coefficient (Wildman–Crippen LogP) is 5.86. The number of nitrogens with zero attached hydrogens (tertiary/aromatic N) is 1. The van der Waals surface area contributed by atoms with Crippen LogP contribution in [0.25, 0.3) is 0 Å². The van der Waals surface area contributed by atoms with Crippen LogP contribution in [0.3, 0.4) is 0 Å². The third kappa shape index (κ3) is 10.0. The molecule has 1 saturated heterocycles. The Morgan fingerprint density at radius 3 is 2.19 bits per heavy atom. The molecule has 0 aromatic heterocycles. The van der Waals surface area contributed by atoms with Crippen molar-refractivity contribution in [2.45, 2.75) is 140 Å². The molecule has 0 bridgehead atoms. The minimum atomic E-state index is -1.20. The molecule has 2 saturated carbocycles. The Kier molecular flexibility index (Phi) is 12.4. The van der Waals surface area contributed by atoms with Gasteiger partial charge in [0.05, 0.1) is 6.04 Å². The molecular formula is C35H53Cl2N3O7. The molecule has 1 unspecified atom stereocenters. The number of piperidine rings is 1. The molecule has 0 aromatic rings. The standard InChI is InChI=1S/C35H53Cl2N3O7/c1-9-10-14-21(28(44)23(41)15-13-16-25(43)47-34(8)17-11-12-18-34)19-24(42)27-26-22(35(26,36)37)20-40(27)30(45)29(32(2,3)4)38-31(46)39-33(5,6)7/h9,21-22,26-27,29H,1,10-20H2,2-8H3,(H2,38,39,46)/t21?,22-,26-,27+,29+/m0/s1. The number of carbonyl (C=O) groups is 6. The van der Waals surface area contributed by atoms with Gasteiger partial charge < -0.3 is 20.3 Å². The maximum absolute atomic E-state index is 14.1. The number of fused-ring (bicyclic) bond motifs is 1. The van der Waals surface area contributed by atoms with Gasteiger partial charge in [0, 0.05) is 49.1 Å². The topological polar surface area (TPSA) is 139 Å². The SMILES string of the molecule is C=CCCC(CC(=O)[C@@H]1[C@@H]2[C@H](CN1C(=O)[C@@H](NC(=O)NC(C)(C)C)C(C)(C)C)C2(Cl)Cl)C(=O)C(=O)CCCC(=O)OC1(C)CCCC1. The molecule has 5 atom stereocenters. The Morgan fingerprint density at radius 1 is 1.02 bits per heavy atom. The molecule has 2 aliphatic carbocycles. The van der Waals surface area contributed by atoms with Crippen LogP contribution < -0.4 is 10.6 Å². The second-order valence-electron chi connectivity index (χ2n) is 15.9. The first-order valence-electron chi connectivity index (χ1n) is 16.8. The molecule has 3 fully saturated rings. The fraction of sp³-hybridized carbons (Fsp3) is 0.771. The van der Waals surface area contributed by atoms with Gasteiger partial charge in [0.1, 0.15) is 16.0 Å². The molecule has 3 aliphatic rings. The summed E-state index contributed by atoms with van der Waals surface area (Å²) in [6, 6.07) is -2.50. The third-order valence-electron chi connectivity index (χ3n) is 9.44. The van der Waals surface area contributed by atoms with Crippen LogP contribution in [0.2, 0.25) is 0 Å². The second kappa shape index (κ2) is 15.0.